The van der Waals surface area contributed by atoms with Crippen molar-refractivity contribution in [1.29, 1.82) is 0 Å². The number of hydrogen-bond donors (Lipinski definition) is 1. The van der Waals surface area contributed by atoms with E-state index >= 15 is 0 Å². The summed E-state index contributed by atoms with van der Waals surface area (Å²) in [5.74, 6) is 0. The van der Waals surface area contributed by atoms with E-state index < -0.39 is 0 Å². The highest BCUT2D eigenvalue weighted by molar-refractivity contribution is 6.31. The highest BCUT2D eigenvalue weighted by Crippen LogP contribution is 2.25. The molecule has 17 heavy (non-hydrogen) atoms. The summed E-state index contributed by atoms with van der Waals surface area (Å²) in [4.78, 5) is 0. The summed E-state index contributed by atoms with van der Waals surface area (Å²) < 4.78 is 0. The van der Waals surface area contributed by atoms with Gasteiger partial charge < -0.3 is 5.73 Å². The molecule has 2 heteroatoms. The molecule has 0 heterocycles. The van der Waals surface area contributed by atoms with Gasteiger partial charge in [0.25, 0.3) is 0 Å². The van der Waals surface area contributed by atoms with Crippen molar-refractivity contribution in [3.05, 3.63) is 58.6 Å². The first-order valence-electron chi connectivity index (χ1n) is 5.76. The van der Waals surface area contributed by atoms with E-state index in [0.29, 0.717) is 6.54 Å². The maximum Gasteiger partial charge on any atom is 0.0441 e. The molecule has 0 aliphatic heterocycles. The third-order valence-corrected chi connectivity index (χ3v) is 3.27. The van der Waals surface area contributed by atoms with Crippen LogP contribution in [0.1, 0.15) is 11.1 Å². The van der Waals surface area contributed by atoms with Gasteiger partial charge in [0.15, 0.2) is 0 Å². The standard InChI is InChI=1S/C15H16ClN/c1-11-5-6-14(10-15(11)16)13-4-2-3-12(9-13)7-8-17/h2-6,9-10H,7-8,17H2,1H3. The maximum atomic E-state index is 6.14. The largest absolute Gasteiger partial charge is 0.330 e. The van der Waals surface area contributed by atoms with E-state index in [0.717, 1.165) is 22.6 Å². The summed E-state index contributed by atoms with van der Waals surface area (Å²) in [5, 5.41) is 0.812. The van der Waals surface area contributed by atoms with Gasteiger partial charge in [-0.05, 0) is 48.2 Å². The zero-order valence-electron chi connectivity index (χ0n) is 9.91. The molecule has 0 bridgehead atoms. The van der Waals surface area contributed by atoms with Gasteiger partial charge in [0.1, 0.15) is 0 Å². The van der Waals surface area contributed by atoms with Gasteiger partial charge in [-0.2, -0.15) is 0 Å². The summed E-state index contributed by atoms with van der Waals surface area (Å²) in [6, 6.07) is 14.6. The van der Waals surface area contributed by atoms with Crippen LogP contribution in [-0.2, 0) is 6.42 Å². The average Bonchev–Trinajstić information content (AvgIpc) is 2.33. The lowest BCUT2D eigenvalue weighted by molar-refractivity contribution is 0.969. The smallest absolute Gasteiger partial charge is 0.0441 e. The first kappa shape index (κ1) is 12.2. The van der Waals surface area contributed by atoms with E-state index in [1.54, 1.807) is 0 Å². The summed E-state index contributed by atoms with van der Waals surface area (Å²) >= 11 is 6.14. The Balaban J connectivity index is 2.38. The molecule has 2 N–H and O–H groups in total. The summed E-state index contributed by atoms with van der Waals surface area (Å²) in [7, 11) is 0. The van der Waals surface area contributed by atoms with Crippen molar-refractivity contribution in [3.8, 4) is 11.1 Å². The van der Waals surface area contributed by atoms with Crippen LogP contribution in [0.15, 0.2) is 42.5 Å². The molecular weight excluding hydrogens is 230 g/mol. The van der Waals surface area contributed by atoms with E-state index in [2.05, 4.69) is 30.3 Å². The monoisotopic (exact) mass is 245 g/mol. The van der Waals surface area contributed by atoms with E-state index in [4.69, 9.17) is 17.3 Å². The number of hydrogen-bond acceptors (Lipinski definition) is 1. The minimum absolute atomic E-state index is 0.679. The molecule has 0 unspecified atom stereocenters. The summed E-state index contributed by atoms with van der Waals surface area (Å²) in [5.41, 5.74) is 10.3. The topological polar surface area (TPSA) is 26.0 Å². The molecule has 2 aromatic carbocycles. The second-order valence-electron chi connectivity index (χ2n) is 4.20. The van der Waals surface area contributed by atoms with E-state index in [-0.39, 0.29) is 0 Å². The molecule has 0 fully saturated rings. The minimum atomic E-state index is 0.679. The molecule has 88 valence electrons. The third-order valence-electron chi connectivity index (χ3n) is 2.87. The molecule has 0 aromatic heterocycles. The minimum Gasteiger partial charge on any atom is -0.330 e. The van der Waals surface area contributed by atoms with Crippen LogP contribution >= 0.6 is 11.6 Å². The first-order valence-corrected chi connectivity index (χ1v) is 6.14. The van der Waals surface area contributed by atoms with Crippen LogP contribution < -0.4 is 5.73 Å². The van der Waals surface area contributed by atoms with Crippen molar-refractivity contribution in [1.82, 2.24) is 0 Å². The summed E-state index contributed by atoms with van der Waals surface area (Å²) in [6.45, 7) is 2.69. The van der Waals surface area contributed by atoms with Gasteiger partial charge in [-0.25, -0.2) is 0 Å². The lowest BCUT2D eigenvalue weighted by Crippen LogP contribution is -2.02. The lowest BCUT2D eigenvalue weighted by atomic mass is 10.0. The third kappa shape index (κ3) is 2.87. The van der Waals surface area contributed by atoms with Crippen molar-refractivity contribution >= 4 is 11.6 Å². The number of halogens is 1. The van der Waals surface area contributed by atoms with Gasteiger partial charge in [0.2, 0.25) is 0 Å². The fourth-order valence-electron chi connectivity index (χ4n) is 1.85. The maximum absolute atomic E-state index is 6.14. The normalized spacial score (nSPS) is 10.5. The van der Waals surface area contributed by atoms with Crippen LogP contribution in [0.25, 0.3) is 11.1 Å². The van der Waals surface area contributed by atoms with Crippen molar-refractivity contribution in [3.63, 3.8) is 0 Å². The number of nitrogens with two attached hydrogens (primary N) is 1. The van der Waals surface area contributed by atoms with Crippen LogP contribution in [-0.4, -0.2) is 6.54 Å². The molecule has 0 aliphatic rings. The Morgan fingerprint density at radius 2 is 1.82 bits per heavy atom. The second-order valence-corrected chi connectivity index (χ2v) is 4.61. The first-order chi connectivity index (χ1) is 8.20. The zero-order valence-corrected chi connectivity index (χ0v) is 10.7. The number of aryl methyl sites for hydroxylation is 1. The Labute approximate surface area is 107 Å². The molecular formula is C15H16ClN. The Morgan fingerprint density at radius 3 is 2.53 bits per heavy atom. The van der Waals surface area contributed by atoms with Crippen molar-refractivity contribution < 1.29 is 0 Å². The Bertz CT molecular complexity index is 520. The van der Waals surface area contributed by atoms with Gasteiger partial charge in [-0.1, -0.05) is 48.0 Å². The van der Waals surface area contributed by atoms with E-state index in [1.807, 2.05) is 19.1 Å². The van der Waals surface area contributed by atoms with Gasteiger partial charge in [0, 0.05) is 5.02 Å². The fraction of sp³-hybridized carbons (Fsp3) is 0.200. The van der Waals surface area contributed by atoms with Crippen molar-refractivity contribution in [2.24, 2.45) is 5.73 Å². The lowest BCUT2D eigenvalue weighted by Gasteiger charge is -2.06. The highest BCUT2D eigenvalue weighted by Gasteiger charge is 2.01. The highest BCUT2D eigenvalue weighted by atomic mass is 35.5. The fourth-order valence-corrected chi connectivity index (χ4v) is 2.03. The number of rotatable bonds is 3. The van der Waals surface area contributed by atoms with E-state index in [9.17, 15) is 0 Å². The van der Waals surface area contributed by atoms with Gasteiger partial charge >= 0.3 is 0 Å². The van der Waals surface area contributed by atoms with Crippen LogP contribution in [0.3, 0.4) is 0 Å². The van der Waals surface area contributed by atoms with Gasteiger partial charge in [-0.3, -0.25) is 0 Å². The molecule has 0 radical (unpaired) electrons. The Hall–Kier alpha value is -1.31. The Morgan fingerprint density at radius 1 is 1.06 bits per heavy atom. The molecule has 2 rings (SSSR count). The van der Waals surface area contributed by atoms with Crippen LogP contribution in [0, 0.1) is 6.92 Å². The predicted octanol–water partition coefficient (Wildman–Crippen LogP) is 3.82. The van der Waals surface area contributed by atoms with E-state index in [1.165, 1.54) is 11.1 Å². The van der Waals surface area contributed by atoms with Crippen LogP contribution in [0.2, 0.25) is 5.02 Å². The predicted molar refractivity (Wildman–Crippen MR) is 74.4 cm³/mol. The van der Waals surface area contributed by atoms with Crippen molar-refractivity contribution in [2.75, 3.05) is 6.54 Å². The van der Waals surface area contributed by atoms with Gasteiger partial charge in [-0.15, -0.1) is 0 Å². The molecule has 0 spiro atoms. The molecule has 0 amide bonds. The SMILES string of the molecule is Cc1ccc(-c2cccc(CCN)c2)cc1Cl. The van der Waals surface area contributed by atoms with Gasteiger partial charge in [0.05, 0.1) is 0 Å². The molecule has 0 aliphatic carbocycles. The zero-order chi connectivity index (χ0) is 12.3. The number of benzene rings is 2. The van der Waals surface area contributed by atoms with Crippen LogP contribution in [0.5, 0.6) is 0 Å². The average molecular weight is 246 g/mol. The molecule has 0 saturated heterocycles. The molecule has 2 aromatic rings. The quantitative estimate of drug-likeness (QED) is 0.874. The molecule has 1 nitrogen and oxygen atoms in total. The molecule has 0 atom stereocenters. The van der Waals surface area contributed by atoms with Crippen molar-refractivity contribution in [2.45, 2.75) is 13.3 Å². The second kappa shape index (κ2) is 5.35. The summed E-state index contributed by atoms with van der Waals surface area (Å²) in [6.07, 6.45) is 0.910. The Kier molecular flexibility index (Phi) is 3.82. The molecule has 0 saturated carbocycles. The van der Waals surface area contributed by atoms with Crippen LogP contribution in [0.4, 0.5) is 0 Å².